The van der Waals surface area contributed by atoms with Crippen molar-refractivity contribution in [3.8, 4) is 0 Å². The summed E-state index contributed by atoms with van der Waals surface area (Å²) in [4.78, 5) is 12.6. The molecule has 6 nitrogen and oxygen atoms in total. The predicted octanol–water partition coefficient (Wildman–Crippen LogP) is 2.24. The Morgan fingerprint density at radius 2 is 2.04 bits per heavy atom. The third-order valence-electron chi connectivity index (χ3n) is 6.15. The molecule has 1 aromatic rings. The molecule has 23 heavy (non-hydrogen) atoms. The van der Waals surface area contributed by atoms with Gasteiger partial charge in [-0.15, -0.1) is 0 Å². The van der Waals surface area contributed by atoms with E-state index in [0.29, 0.717) is 23.8 Å². The summed E-state index contributed by atoms with van der Waals surface area (Å²) in [5, 5.41) is 7.17. The third-order valence-corrected chi connectivity index (χ3v) is 6.15. The largest absolute Gasteiger partial charge is 0.381 e. The van der Waals surface area contributed by atoms with Gasteiger partial charge in [-0.05, 0) is 44.4 Å². The fourth-order valence-electron chi connectivity index (χ4n) is 4.73. The molecule has 1 amide bonds. The first-order chi connectivity index (χ1) is 11.2. The van der Waals surface area contributed by atoms with Gasteiger partial charge in [-0.3, -0.25) is 10.1 Å². The molecule has 0 radical (unpaired) electrons. The maximum atomic E-state index is 12.6. The molecule has 6 heteroatoms. The molecule has 5 atom stereocenters. The SMILES string of the molecule is Cc1c(C2CCOCC2)noc1NC(=O)[C@@H]1C[C@@H]2O[C@H]1[C@H]1C[C@H]12. The number of fused-ring (bicyclic) bond motifs is 5. The van der Waals surface area contributed by atoms with Crippen LogP contribution in [0.25, 0.3) is 0 Å². The summed E-state index contributed by atoms with van der Waals surface area (Å²) in [6.45, 7) is 3.51. The van der Waals surface area contributed by atoms with Crippen molar-refractivity contribution in [2.75, 3.05) is 18.5 Å². The van der Waals surface area contributed by atoms with Crippen LogP contribution in [0.4, 0.5) is 5.88 Å². The fourth-order valence-corrected chi connectivity index (χ4v) is 4.73. The van der Waals surface area contributed by atoms with Crippen LogP contribution in [0.1, 0.15) is 42.9 Å². The van der Waals surface area contributed by atoms with Crippen molar-refractivity contribution >= 4 is 11.8 Å². The quantitative estimate of drug-likeness (QED) is 0.925. The highest BCUT2D eigenvalue weighted by Gasteiger charge is 2.64. The summed E-state index contributed by atoms with van der Waals surface area (Å²) < 4.78 is 16.7. The van der Waals surface area contributed by atoms with Crippen molar-refractivity contribution in [1.29, 1.82) is 0 Å². The number of nitrogens with one attached hydrogen (secondary N) is 1. The van der Waals surface area contributed by atoms with Crippen LogP contribution in [0.15, 0.2) is 4.52 Å². The van der Waals surface area contributed by atoms with E-state index in [1.165, 1.54) is 6.42 Å². The summed E-state index contributed by atoms with van der Waals surface area (Å²) in [6.07, 6.45) is 4.47. The van der Waals surface area contributed by atoms with Gasteiger partial charge in [0.1, 0.15) is 0 Å². The van der Waals surface area contributed by atoms with Gasteiger partial charge in [-0.2, -0.15) is 0 Å². The first-order valence-corrected chi connectivity index (χ1v) is 8.72. The van der Waals surface area contributed by atoms with Gasteiger partial charge in [0.15, 0.2) is 0 Å². The molecule has 4 heterocycles. The van der Waals surface area contributed by atoms with Crippen LogP contribution in [0.3, 0.4) is 0 Å². The van der Waals surface area contributed by atoms with Crippen molar-refractivity contribution in [3.63, 3.8) is 0 Å². The zero-order chi connectivity index (χ0) is 15.6. The minimum absolute atomic E-state index is 0.0280. The van der Waals surface area contributed by atoms with E-state index in [4.69, 9.17) is 14.0 Å². The number of amides is 1. The first kappa shape index (κ1) is 14.0. The molecule has 0 spiro atoms. The van der Waals surface area contributed by atoms with E-state index in [2.05, 4.69) is 10.5 Å². The molecule has 1 aliphatic carbocycles. The van der Waals surface area contributed by atoms with E-state index in [-0.39, 0.29) is 17.9 Å². The molecule has 1 aromatic heterocycles. The molecule has 3 aliphatic heterocycles. The zero-order valence-electron chi connectivity index (χ0n) is 13.3. The summed E-state index contributed by atoms with van der Waals surface area (Å²) in [6, 6.07) is 0. The van der Waals surface area contributed by atoms with Gasteiger partial charge in [0, 0.05) is 24.7 Å². The Hall–Kier alpha value is -1.40. The Bertz CT molecular complexity index is 637. The second-order valence-corrected chi connectivity index (χ2v) is 7.44. The highest BCUT2D eigenvalue weighted by Crippen LogP contribution is 2.60. The number of ether oxygens (including phenoxy) is 2. The molecule has 5 rings (SSSR count). The van der Waals surface area contributed by atoms with E-state index in [1.54, 1.807) is 0 Å². The Morgan fingerprint density at radius 1 is 1.22 bits per heavy atom. The van der Waals surface area contributed by atoms with Gasteiger partial charge in [0.05, 0.1) is 23.8 Å². The zero-order valence-corrected chi connectivity index (χ0v) is 13.3. The fraction of sp³-hybridized carbons (Fsp3) is 0.765. The summed E-state index contributed by atoms with van der Waals surface area (Å²) >= 11 is 0. The van der Waals surface area contributed by atoms with Gasteiger partial charge in [-0.25, -0.2) is 0 Å². The van der Waals surface area contributed by atoms with Gasteiger partial charge in [0.25, 0.3) is 0 Å². The molecule has 4 fully saturated rings. The molecule has 124 valence electrons. The smallest absolute Gasteiger partial charge is 0.234 e. The molecule has 3 saturated heterocycles. The van der Waals surface area contributed by atoms with Crippen LogP contribution in [0, 0.1) is 24.7 Å². The van der Waals surface area contributed by atoms with Crippen LogP contribution < -0.4 is 5.32 Å². The Labute approximate surface area is 134 Å². The minimum Gasteiger partial charge on any atom is -0.381 e. The van der Waals surface area contributed by atoms with Crippen LogP contribution in [0.2, 0.25) is 0 Å². The Kier molecular flexibility index (Phi) is 3.07. The van der Waals surface area contributed by atoms with Gasteiger partial charge < -0.3 is 14.0 Å². The molecular formula is C17H22N2O4. The van der Waals surface area contributed by atoms with Gasteiger partial charge >= 0.3 is 0 Å². The van der Waals surface area contributed by atoms with E-state index in [0.717, 1.165) is 49.7 Å². The number of nitrogens with zero attached hydrogens (tertiary/aromatic N) is 1. The number of carbonyl (C=O) groups is 1. The van der Waals surface area contributed by atoms with Crippen LogP contribution in [0.5, 0.6) is 0 Å². The lowest BCUT2D eigenvalue weighted by Gasteiger charge is -2.20. The lowest BCUT2D eigenvalue weighted by molar-refractivity contribution is -0.121. The molecule has 2 bridgehead atoms. The molecule has 0 aromatic carbocycles. The predicted molar refractivity (Wildman–Crippen MR) is 81.0 cm³/mol. The van der Waals surface area contributed by atoms with Crippen molar-refractivity contribution in [1.82, 2.24) is 5.16 Å². The Morgan fingerprint density at radius 3 is 2.78 bits per heavy atom. The number of anilines is 1. The van der Waals surface area contributed by atoms with Gasteiger partial charge in [-0.1, -0.05) is 5.16 Å². The van der Waals surface area contributed by atoms with E-state index in [9.17, 15) is 4.79 Å². The van der Waals surface area contributed by atoms with Crippen LogP contribution in [-0.4, -0.2) is 36.5 Å². The maximum absolute atomic E-state index is 12.6. The number of rotatable bonds is 3. The summed E-state index contributed by atoms with van der Waals surface area (Å²) in [7, 11) is 0. The Balaban J connectivity index is 1.29. The minimum atomic E-state index is -0.0280. The van der Waals surface area contributed by atoms with E-state index in [1.807, 2.05) is 6.92 Å². The number of hydrogen-bond donors (Lipinski definition) is 1. The van der Waals surface area contributed by atoms with Crippen molar-refractivity contribution in [3.05, 3.63) is 11.3 Å². The number of hydrogen-bond acceptors (Lipinski definition) is 5. The molecule has 1 N–H and O–H groups in total. The van der Waals surface area contributed by atoms with Crippen LogP contribution >= 0.6 is 0 Å². The second kappa shape index (κ2) is 5.05. The highest BCUT2D eigenvalue weighted by atomic mass is 16.5. The number of aromatic nitrogens is 1. The summed E-state index contributed by atoms with van der Waals surface area (Å²) in [5.41, 5.74) is 1.92. The first-order valence-electron chi connectivity index (χ1n) is 8.72. The maximum Gasteiger partial charge on any atom is 0.234 e. The molecule has 4 aliphatic rings. The standard InChI is InChI=1S/C17H22N2O4/c1-8-14(9-2-4-21-5-3-9)19-23-17(8)18-16(20)12-7-13-10-6-11(10)15(12)22-13/h9-13,15H,2-7H2,1H3,(H,18,20)/t10-,11+,12-,13+,15+/m1/s1. The normalized spacial score (nSPS) is 38.6. The third kappa shape index (κ3) is 2.15. The lowest BCUT2D eigenvalue weighted by atomic mass is 9.88. The topological polar surface area (TPSA) is 73.6 Å². The highest BCUT2D eigenvalue weighted by molar-refractivity contribution is 5.92. The molecule has 0 unspecified atom stereocenters. The van der Waals surface area contributed by atoms with Crippen molar-refractivity contribution in [2.45, 2.75) is 50.7 Å². The number of carbonyl (C=O) groups excluding carboxylic acids is 1. The van der Waals surface area contributed by atoms with E-state index < -0.39 is 0 Å². The van der Waals surface area contributed by atoms with Crippen LogP contribution in [-0.2, 0) is 14.3 Å². The monoisotopic (exact) mass is 318 g/mol. The second-order valence-electron chi connectivity index (χ2n) is 7.44. The molecule has 1 saturated carbocycles. The van der Waals surface area contributed by atoms with Crippen molar-refractivity contribution in [2.24, 2.45) is 17.8 Å². The average molecular weight is 318 g/mol. The van der Waals surface area contributed by atoms with Crippen molar-refractivity contribution < 1.29 is 18.8 Å². The average Bonchev–Trinajstić information content (AvgIpc) is 2.99. The lowest BCUT2D eigenvalue weighted by Crippen LogP contribution is -2.32. The molecular weight excluding hydrogens is 296 g/mol. The van der Waals surface area contributed by atoms with E-state index >= 15 is 0 Å². The van der Waals surface area contributed by atoms with Gasteiger partial charge in [0.2, 0.25) is 11.8 Å². The summed E-state index contributed by atoms with van der Waals surface area (Å²) in [5.74, 6) is 2.23.